The van der Waals surface area contributed by atoms with Gasteiger partial charge in [0.25, 0.3) is 0 Å². The molecule has 1 N–H and O–H groups in total. The Kier molecular flexibility index (Phi) is 6.68. The molecule has 0 unspecified atom stereocenters. The van der Waals surface area contributed by atoms with E-state index in [1.54, 1.807) is 12.7 Å². The maximum absolute atomic E-state index is 4.48. The third-order valence-corrected chi connectivity index (χ3v) is 5.30. The van der Waals surface area contributed by atoms with Crippen LogP contribution in [-0.4, -0.2) is 65.4 Å². The summed E-state index contributed by atoms with van der Waals surface area (Å²) in [5.41, 5.74) is 4.12. The highest BCUT2D eigenvalue weighted by molar-refractivity contribution is 5.80. The normalized spacial score (nSPS) is 15.3. The number of hydrogen-bond donors (Lipinski definition) is 1. The van der Waals surface area contributed by atoms with E-state index in [-0.39, 0.29) is 0 Å². The van der Waals surface area contributed by atoms with Crippen molar-refractivity contribution in [2.75, 3.05) is 44.7 Å². The standard InChI is InChI=1S/C20H31N7/c1-17-7-6-8-19(18(17)2)26-11-13-27(14-12-26)20(21-3)22-9-4-5-10-25-15-23-24-16-25/h6-8,15-16H,4-5,9-14H2,1-3H3,(H,21,22). The van der Waals surface area contributed by atoms with Crippen molar-refractivity contribution < 1.29 is 0 Å². The lowest BCUT2D eigenvalue weighted by molar-refractivity contribution is 0.372. The van der Waals surface area contributed by atoms with Crippen molar-refractivity contribution in [1.82, 2.24) is 25.0 Å². The number of aliphatic imine (C=N–C) groups is 1. The van der Waals surface area contributed by atoms with Crippen LogP contribution < -0.4 is 10.2 Å². The Hall–Kier alpha value is -2.57. The average Bonchev–Trinajstić information content (AvgIpc) is 3.21. The minimum absolute atomic E-state index is 0.937. The van der Waals surface area contributed by atoms with E-state index in [1.807, 2.05) is 11.6 Å². The molecule has 0 saturated carbocycles. The number of nitrogens with zero attached hydrogens (tertiary/aromatic N) is 6. The van der Waals surface area contributed by atoms with Crippen molar-refractivity contribution in [3.63, 3.8) is 0 Å². The largest absolute Gasteiger partial charge is 0.368 e. The second kappa shape index (κ2) is 9.39. The first-order valence-electron chi connectivity index (χ1n) is 9.78. The molecule has 3 rings (SSSR count). The van der Waals surface area contributed by atoms with Gasteiger partial charge in [-0.25, -0.2) is 0 Å². The lowest BCUT2D eigenvalue weighted by Gasteiger charge is -2.38. The van der Waals surface area contributed by atoms with Crippen molar-refractivity contribution in [1.29, 1.82) is 0 Å². The minimum Gasteiger partial charge on any atom is -0.368 e. The third-order valence-electron chi connectivity index (χ3n) is 5.30. The van der Waals surface area contributed by atoms with E-state index in [2.05, 4.69) is 62.4 Å². The SMILES string of the molecule is CN=C(NCCCCn1cnnc1)N1CCN(c2cccc(C)c2C)CC1. The van der Waals surface area contributed by atoms with Crippen molar-refractivity contribution >= 4 is 11.6 Å². The van der Waals surface area contributed by atoms with E-state index in [4.69, 9.17) is 0 Å². The highest BCUT2D eigenvalue weighted by Crippen LogP contribution is 2.23. The second-order valence-electron chi connectivity index (χ2n) is 7.07. The van der Waals surface area contributed by atoms with Crippen LogP contribution in [0.2, 0.25) is 0 Å². The molecule has 7 nitrogen and oxygen atoms in total. The van der Waals surface area contributed by atoms with Gasteiger partial charge in [0.2, 0.25) is 0 Å². The fourth-order valence-corrected chi connectivity index (χ4v) is 3.53. The zero-order valence-electron chi connectivity index (χ0n) is 16.7. The summed E-state index contributed by atoms with van der Waals surface area (Å²) in [5, 5.41) is 11.2. The van der Waals surface area contributed by atoms with Crippen LogP contribution in [0.15, 0.2) is 35.8 Å². The Morgan fingerprint density at radius 2 is 1.81 bits per heavy atom. The third kappa shape index (κ3) is 4.99. The highest BCUT2D eigenvalue weighted by Gasteiger charge is 2.20. The van der Waals surface area contributed by atoms with E-state index in [1.165, 1.54) is 16.8 Å². The Balaban J connectivity index is 1.42. The molecule has 2 heterocycles. The Bertz CT molecular complexity index is 731. The van der Waals surface area contributed by atoms with Gasteiger partial charge < -0.3 is 19.7 Å². The molecule has 1 saturated heterocycles. The summed E-state index contributed by atoms with van der Waals surface area (Å²) in [6.45, 7) is 10.3. The number of aryl methyl sites for hydroxylation is 2. The molecule has 1 aliphatic rings. The molecule has 0 amide bonds. The van der Waals surface area contributed by atoms with Gasteiger partial charge in [-0.2, -0.15) is 0 Å². The summed E-state index contributed by atoms with van der Waals surface area (Å²) in [6, 6.07) is 6.58. The summed E-state index contributed by atoms with van der Waals surface area (Å²) < 4.78 is 2.02. The first-order valence-corrected chi connectivity index (χ1v) is 9.78. The predicted molar refractivity (Wildman–Crippen MR) is 110 cm³/mol. The summed E-state index contributed by atoms with van der Waals surface area (Å²) in [4.78, 5) is 9.33. The van der Waals surface area contributed by atoms with Gasteiger partial charge in [0, 0.05) is 52.0 Å². The summed E-state index contributed by atoms with van der Waals surface area (Å²) in [6.07, 6.45) is 5.73. The number of nitrogens with one attached hydrogen (secondary N) is 1. The topological polar surface area (TPSA) is 61.6 Å². The molecule has 146 valence electrons. The number of rotatable bonds is 6. The van der Waals surface area contributed by atoms with Gasteiger partial charge in [-0.1, -0.05) is 12.1 Å². The quantitative estimate of drug-likeness (QED) is 0.480. The molecule has 0 bridgehead atoms. The van der Waals surface area contributed by atoms with Gasteiger partial charge in [0.15, 0.2) is 5.96 Å². The molecule has 27 heavy (non-hydrogen) atoms. The van der Waals surface area contributed by atoms with Crippen molar-refractivity contribution in [2.45, 2.75) is 33.2 Å². The maximum atomic E-state index is 4.48. The van der Waals surface area contributed by atoms with Crippen LogP contribution >= 0.6 is 0 Å². The zero-order chi connectivity index (χ0) is 19.1. The van der Waals surface area contributed by atoms with E-state index in [0.717, 1.165) is 58.1 Å². The molecular formula is C20H31N7. The number of aromatic nitrogens is 3. The van der Waals surface area contributed by atoms with Crippen LogP contribution in [0.25, 0.3) is 0 Å². The van der Waals surface area contributed by atoms with Crippen molar-refractivity contribution in [3.8, 4) is 0 Å². The van der Waals surface area contributed by atoms with E-state index in [0.29, 0.717) is 0 Å². The number of hydrogen-bond acceptors (Lipinski definition) is 4. The molecule has 7 heteroatoms. The van der Waals surface area contributed by atoms with Crippen LogP contribution in [0.1, 0.15) is 24.0 Å². The van der Waals surface area contributed by atoms with Crippen LogP contribution in [0.5, 0.6) is 0 Å². The molecule has 0 spiro atoms. The number of piperazine rings is 1. The molecule has 1 aromatic carbocycles. The number of guanidine groups is 1. The molecule has 0 atom stereocenters. The monoisotopic (exact) mass is 369 g/mol. The minimum atomic E-state index is 0.937. The molecule has 1 aromatic heterocycles. The van der Waals surface area contributed by atoms with Crippen molar-refractivity contribution in [3.05, 3.63) is 42.0 Å². The van der Waals surface area contributed by atoms with Crippen molar-refractivity contribution in [2.24, 2.45) is 4.99 Å². The summed E-state index contributed by atoms with van der Waals surface area (Å²) in [5.74, 6) is 1.01. The Labute approximate surface area is 162 Å². The van der Waals surface area contributed by atoms with E-state index in [9.17, 15) is 0 Å². The molecule has 0 aliphatic carbocycles. The Morgan fingerprint density at radius 1 is 1.07 bits per heavy atom. The molecular weight excluding hydrogens is 338 g/mol. The maximum Gasteiger partial charge on any atom is 0.193 e. The van der Waals surface area contributed by atoms with Crippen LogP contribution in [-0.2, 0) is 6.54 Å². The average molecular weight is 370 g/mol. The number of unbranched alkanes of at least 4 members (excludes halogenated alkanes) is 1. The number of benzene rings is 1. The number of anilines is 1. The van der Waals surface area contributed by atoms with Crippen LogP contribution in [0.3, 0.4) is 0 Å². The second-order valence-corrected chi connectivity index (χ2v) is 7.07. The van der Waals surface area contributed by atoms with Gasteiger partial charge in [-0.3, -0.25) is 4.99 Å². The molecule has 1 fully saturated rings. The van der Waals surface area contributed by atoms with Crippen LogP contribution in [0.4, 0.5) is 5.69 Å². The fraction of sp³-hybridized carbons (Fsp3) is 0.550. The van der Waals surface area contributed by atoms with Gasteiger partial charge in [-0.05, 0) is 43.9 Å². The zero-order valence-corrected chi connectivity index (χ0v) is 16.7. The highest BCUT2D eigenvalue weighted by atomic mass is 15.3. The first-order chi connectivity index (χ1) is 13.2. The van der Waals surface area contributed by atoms with E-state index < -0.39 is 0 Å². The van der Waals surface area contributed by atoms with Crippen LogP contribution in [0, 0.1) is 13.8 Å². The molecule has 1 aliphatic heterocycles. The molecule has 2 aromatic rings. The molecule has 0 radical (unpaired) electrons. The fourth-order valence-electron chi connectivity index (χ4n) is 3.53. The van der Waals surface area contributed by atoms with E-state index >= 15 is 0 Å². The summed E-state index contributed by atoms with van der Waals surface area (Å²) in [7, 11) is 1.87. The lowest BCUT2D eigenvalue weighted by Crippen LogP contribution is -2.52. The Morgan fingerprint density at radius 3 is 2.52 bits per heavy atom. The lowest BCUT2D eigenvalue weighted by atomic mass is 10.1. The van der Waals surface area contributed by atoms with Gasteiger partial charge in [-0.15, -0.1) is 10.2 Å². The smallest absolute Gasteiger partial charge is 0.193 e. The summed E-state index contributed by atoms with van der Waals surface area (Å²) >= 11 is 0. The van der Waals surface area contributed by atoms with Gasteiger partial charge in [0.05, 0.1) is 0 Å². The van der Waals surface area contributed by atoms with Gasteiger partial charge >= 0.3 is 0 Å². The first kappa shape index (κ1) is 19.2. The van der Waals surface area contributed by atoms with Gasteiger partial charge in [0.1, 0.15) is 12.7 Å². The predicted octanol–water partition coefficient (Wildman–Crippen LogP) is 2.07.